The Balaban J connectivity index is 2.86. The van der Waals surface area contributed by atoms with Crippen molar-refractivity contribution in [1.29, 1.82) is 0 Å². The van der Waals surface area contributed by atoms with Gasteiger partial charge in [-0.15, -0.1) is 0 Å². The Bertz CT molecular complexity index is 436. The molecule has 1 amide bonds. The summed E-state index contributed by atoms with van der Waals surface area (Å²) in [5.74, 6) is 0.147. The van der Waals surface area contributed by atoms with Crippen molar-refractivity contribution in [2.45, 2.75) is 40.5 Å². The molecule has 0 unspecified atom stereocenters. The lowest BCUT2D eigenvalue weighted by Gasteiger charge is -2.19. The fraction of sp³-hybridized carbons (Fsp3) is 0.571. The van der Waals surface area contributed by atoms with Crippen molar-refractivity contribution in [1.82, 2.24) is 10.3 Å². The van der Waals surface area contributed by atoms with Gasteiger partial charge >= 0.3 is 0 Å². The predicted octanol–water partition coefficient (Wildman–Crippen LogP) is 3.63. The number of carbonyl (C=O) groups is 1. The highest BCUT2D eigenvalue weighted by Gasteiger charge is 2.15. The van der Waals surface area contributed by atoms with Gasteiger partial charge in [0.25, 0.3) is 5.91 Å². The first-order valence-corrected chi connectivity index (χ1v) is 6.52. The van der Waals surface area contributed by atoms with Crippen molar-refractivity contribution in [2.24, 2.45) is 5.41 Å². The van der Waals surface area contributed by atoms with Crippen LogP contribution in [0.1, 0.15) is 56.6 Å². The van der Waals surface area contributed by atoms with Gasteiger partial charge in [0.2, 0.25) is 0 Å². The highest BCUT2D eigenvalue weighted by atomic mass is 35.5. The molecule has 0 aliphatic carbocycles. The quantitative estimate of drug-likeness (QED) is 0.851. The molecule has 0 aliphatic rings. The van der Waals surface area contributed by atoms with Gasteiger partial charge in [-0.05, 0) is 23.5 Å². The van der Waals surface area contributed by atoms with Crippen LogP contribution < -0.4 is 5.32 Å². The van der Waals surface area contributed by atoms with E-state index < -0.39 is 0 Å². The topological polar surface area (TPSA) is 42.0 Å². The first kappa shape index (κ1) is 15.0. The molecule has 4 heteroatoms. The molecule has 3 nitrogen and oxygen atoms in total. The fourth-order valence-corrected chi connectivity index (χ4v) is 1.61. The number of nitrogens with one attached hydrogen (secondary N) is 1. The van der Waals surface area contributed by atoms with Crippen LogP contribution in [0.4, 0.5) is 0 Å². The molecule has 100 valence electrons. The van der Waals surface area contributed by atoms with Crippen molar-refractivity contribution in [3.05, 3.63) is 28.5 Å². The maximum atomic E-state index is 12.0. The molecule has 0 atom stereocenters. The monoisotopic (exact) mass is 268 g/mol. The number of pyridine rings is 1. The van der Waals surface area contributed by atoms with Gasteiger partial charge in [0.1, 0.15) is 5.15 Å². The third kappa shape index (κ3) is 4.65. The summed E-state index contributed by atoms with van der Waals surface area (Å²) in [5.41, 5.74) is 1.47. The Morgan fingerprint density at radius 3 is 2.50 bits per heavy atom. The van der Waals surface area contributed by atoms with E-state index in [0.29, 0.717) is 17.3 Å². The fourth-order valence-electron chi connectivity index (χ4n) is 1.39. The average molecular weight is 269 g/mol. The summed E-state index contributed by atoms with van der Waals surface area (Å²) in [6.45, 7) is 10.9. The summed E-state index contributed by atoms with van der Waals surface area (Å²) in [7, 11) is 0. The van der Waals surface area contributed by atoms with Crippen LogP contribution in [-0.4, -0.2) is 17.4 Å². The van der Waals surface area contributed by atoms with E-state index in [1.165, 1.54) is 0 Å². The van der Waals surface area contributed by atoms with E-state index in [9.17, 15) is 4.79 Å². The second-order valence-electron chi connectivity index (χ2n) is 6.00. The highest BCUT2D eigenvalue weighted by molar-refractivity contribution is 6.29. The molecule has 1 heterocycles. The summed E-state index contributed by atoms with van der Waals surface area (Å²) in [4.78, 5) is 16.2. The van der Waals surface area contributed by atoms with Crippen LogP contribution in [0.2, 0.25) is 5.15 Å². The number of aromatic nitrogens is 1. The van der Waals surface area contributed by atoms with Crippen molar-refractivity contribution in [3.63, 3.8) is 0 Å². The molecule has 0 aliphatic heterocycles. The summed E-state index contributed by atoms with van der Waals surface area (Å²) in [5, 5.41) is 3.27. The van der Waals surface area contributed by atoms with Crippen molar-refractivity contribution in [2.75, 3.05) is 6.54 Å². The van der Waals surface area contributed by atoms with Crippen LogP contribution >= 0.6 is 11.6 Å². The minimum absolute atomic E-state index is 0.0629. The maximum Gasteiger partial charge on any atom is 0.251 e. The van der Waals surface area contributed by atoms with Gasteiger partial charge in [0, 0.05) is 17.8 Å². The Morgan fingerprint density at radius 1 is 1.39 bits per heavy atom. The van der Waals surface area contributed by atoms with E-state index in [1.807, 2.05) is 13.8 Å². The number of amides is 1. The van der Waals surface area contributed by atoms with Crippen LogP contribution in [0.15, 0.2) is 12.1 Å². The molecule has 0 bridgehead atoms. The molecule has 0 radical (unpaired) electrons. The van der Waals surface area contributed by atoms with Gasteiger partial charge in [-0.25, -0.2) is 4.98 Å². The molecule has 1 aromatic rings. The van der Waals surface area contributed by atoms with Gasteiger partial charge in [0.15, 0.2) is 0 Å². The number of rotatable bonds is 3. The zero-order valence-electron chi connectivity index (χ0n) is 11.7. The van der Waals surface area contributed by atoms with Gasteiger partial charge in [-0.2, -0.15) is 0 Å². The smallest absolute Gasteiger partial charge is 0.251 e. The Morgan fingerprint density at radius 2 is 2.00 bits per heavy atom. The number of carbonyl (C=O) groups excluding carboxylic acids is 1. The summed E-state index contributed by atoms with van der Waals surface area (Å²) in [6, 6.07) is 3.40. The van der Waals surface area contributed by atoms with Gasteiger partial charge in [-0.3, -0.25) is 4.79 Å². The number of hydrogen-bond acceptors (Lipinski definition) is 2. The molecular weight excluding hydrogens is 248 g/mol. The zero-order chi connectivity index (χ0) is 13.9. The average Bonchev–Trinajstić information content (AvgIpc) is 2.23. The molecule has 18 heavy (non-hydrogen) atoms. The summed E-state index contributed by atoms with van der Waals surface area (Å²) in [6.07, 6.45) is 0. The van der Waals surface area contributed by atoms with E-state index >= 15 is 0 Å². The van der Waals surface area contributed by atoms with E-state index in [1.54, 1.807) is 12.1 Å². The second-order valence-corrected chi connectivity index (χ2v) is 6.39. The first-order valence-electron chi connectivity index (χ1n) is 6.15. The minimum Gasteiger partial charge on any atom is -0.352 e. The van der Waals surface area contributed by atoms with Crippen LogP contribution in [0.5, 0.6) is 0 Å². The van der Waals surface area contributed by atoms with Gasteiger partial charge in [-0.1, -0.05) is 46.2 Å². The lowest BCUT2D eigenvalue weighted by Crippen LogP contribution is -2.32. The lowest BCUT2D eigenvalue weighted by molar-refractivity contribution is 0.0939. The van der Waals surface area contributed by atoms with E-state index in [4.69, 9.17) is 11.6 Å². The Kier molecular flexibility index (Phi) is 4.74. The second kappa shape index (κ2) is 5.70. The SMILES string of the molecule is CC(C)c1cc(C(=O)NCC(C)(C)C)cc(Cl)n1. The maximum absolute atomic E-state index is 12.0. The molecular formula is C14H21ClN2O. The van der Waals surface area contributed by atoms with Crippen LogP contribution in [0, 0.1) is 5.41 Å². The molecule has 0 aromatic carbocycles. The Hall–Kier alpha value is -1.09. The molecule has 1 rings (SSSR count). The normalized spacial score (nSPS) is 11.7. The van der Waals surface area contributed by atoms with Gasteiger partial charge in [0.05, 0.1) is 0 Å². The number of nitrogens with zero attached hydrogens (tertiary/aromatic N) is 1. The summed E-state index contributed by atoms with van der Waals surface area (Å²) >= 11 is 5.94. The predicted molar refractivity (Wildman–Crippen MR) is 75.1 cm³/mol. The van der Waals surface area contributed by atoms with E-state index in [-0.39, 0.29) is 17.2 Å². The third-order valence-corrected chi connectivity index (χ3v) is 2.64. The van der Waals surface area contributed by atoms with Crippen molar-refractivity contribution < 1.29 is 4.79 Å². The van der Waals surface area contributed by atoms with Crippen LogP contribution in [-0.2, 0) is 0 Å². The molecule has 0 spiro atoms. The molecule has 0 fully saturated rings. The largest absolute Gasteiger partial charge is 0.352 e. The molecule has 1 aromatic heterocycles. The molecule has 0 saturated carbocycles. The van der Waals surface area contributed by atoms with E-state index in [0.717, 1.165) is 5.69 Å². The van der Waals surface area contributed by atoms with Crippen molar-refractivity contribution >= 4 is 17.5 Å². The molecule has 0 saturated heterocycles. The van der Waals surface area contributed by atoms with Gasteiger partial charge < -0.3 is 5.32 Å². The molecule has 1 N–H and O–H groups in total. The Labute approximate surface area is 114 Å². The zero-order valence-corrected chi connectivity index (χ0v) is 12.4. The number of hydrogen-bond donors (Lipinski definition) is 1. The van der Waals surface area contributed by atoms with Crippen LogP contribution in [0.3, 0.4) is 0 Å². The van der Waals surface area contributed by atoms with Crippen LogP contribution in [0.25, 0.3) is 0 Å². The third-order valence-electron chi connectivity index (χ3n) is 2.45. The lowest BCUT2D eigenvalue weighted by atomic mass is 9.97. The standard InChI is InChI=1S/C14H21ClN2O/c1-9(2)11-6-10(7-12(15)17-11)13(18)16-8-14(3,4)5/h6-7,9H,8H2,1-5H3,(H,16,18). The van der Waals surface area contributed by atoms with E-state index in [2.05, 4.69) is 31.1 Å². The number of halogens is 1. The van der Waals surface area contributed by atoms with Crippen molar-refractivity contribution in [3.8, 4) is 0 Å². The first-order chi connectivity index (χ1) is 8.19. The highest BCUT2D eigenvalue weighted by Crippen LogP contribution is 2.18. The minimum atomic E-state index is -0.101. The summed E-state index contributed by atoms with van der Waals surface area (Å²) < 4.78 is 0.